The molecule has 29 heavy (non-hydrogen) atoms. The molecule has 0 atom stereocenters. The van der Waals surface area contributed by atoms with Gasteiger partial charge in [0.25, 0.3) is 5.91 Å². The van der Waals surface area contributed by atoms with Gasteiger partial charge in [-0.15, -0.1) is 0 Å². The quantitative estimate of drug-likeness (QED) is 0.724. The number of benzene rings is 2. The zero-order valence-corrected chi connectivity index (χ0v) is 16.1. The second kappa shape index (κ2) is 9.82. The lowest BCUT2D eigenvalue weighted by Gasteiger charge is -2.36. The van der Waals surface area contributed by atoms with Crippen LogP contribution in [0.5, 0.6) is 0 Å². The molecule has 0 bridgehead atoms. The summed E-state index contributed by atoms with van der Waals surface area (Å²) < 4.78 is 13.0. The third-order valence-corrected chi connectivity index (χ3v) is 4.96. The Morgan fingerprint density at radius 1 is 0.897 bits per heavy atom. The third kappa shape index (κ3) is 5.88. The minimum Gasteiger partial charge on any atom is -0.368 e. The van der Waals surface area contributed by atoms with Crippen molar-refractivity contribution in [3.8, 4) is 0 Å². The van der Waals surface area contributed by atoms with Gasteiger partial charge in [-0.05, 0) is 36.2 Å². The van der Waals surface area contributed by atoms with E-state index in [1.54, 1.807) is 17.0 Å². The Labute approximate surface area is 169 Å². The Balaban J connectivity index is 1.38. The second-order valence-electron chi connectivity index (χ2n) is 6.94. The second-order valence-corrected chi connectivity index (χ2v) is 6.94. The number of nitrogens with one attached hydrogen (secondary N) is 1. The molecule has 1 saturated heterocycles. The number of carbonyl (C=O) groups excluding carboxylic acids is 3. The predicted octanol–water partition coefficient (Wildman–Crippen LogP) is 1.79. The number of carbonyl (C=O) groups is 3. The van der Waals surface area contributed by atoms with Crippen LogP contribution < -0.4 is 10.2 Å². The minimum absolute atomic E-state index is 0.111. The first kappa shape index (κ1) is 20.5. The molecule has 0 aromatic heterocycles. The molecule has 1 aliphatic rings. The SMILES string of the molecule is O=C(CCc1ccccc1)C(=O)NCC(=O)N1CCN(c2ccc(F)cc2)CC1. The maximum absolute atomic E-state index is 13.0. The summed E-state index contributed by atoms with van der Waals surface area (Å²) in [5.74, 6) is -1.74. The van der Waals surface area contributed by atoms with E-state index in [9.17, 15) is 18.8 Å². The van der Waals surface area contributed by atoms with Crippen LogP contribution in [-0.4, -0.2) is 55.2 Å². The van der Waals surface area contributed by atoms with Crippen LogP contribution in [0.15, 0.2) is 54.6 Å². The predicted molar refractivity (Wildman–Crippen MR) is 108 cm³/mol. The van der Waals surface area contributed by atoms with E-state index >= 15 is 0 Å². The number of piperazine rings is 1. The van der Waals surface area contributed by atoms with Crippen LogP contribution in [-0.2, 0) is 20.8 Å². The molecule has 0 unspecified atom stereocenters. The summed E-state index contributed by atoms with van der Waals surface area (Å²) in [5.41, 5.74) is 1.90. The number of ketones is 1. The summed E-state index contributed by atoms with van der Waals surface area (Å²) in [6.45, 7) is 2.08. The molecule has 0 spiro atoms. The zero-order chi connectivity index (χ0) is 20.6. The van der Waals surface area contributed by atoms with Gasteiger partial charge >= 0.3 is 0 Å². The normalized spacial score (nSPS) is 13.8. The van der Waals surface area contributed by atoms with Crippen molar-refractivity contribution >= 4 is 23.3 Å². The third-order valence-electron chi connectivity index (χ3n) is 4.96. The highest BCUT2D eigenvalue weighted by Crippen LogP contribution is 2.16. The smallest absolute Gasteiger partial charge is 0.287 e. The molecule has 7 heteroatoms. The Hall–Kier alpha value is -3.22. The van der Waals surface area contributed by atoms with Crippen molar-refractivity contribution in [2.24, 2.45) is 0 Å². The molecule has 6 nitrogen and oxygen atoms in total. The number of hydrogen-bond acceptors (Lipinski definition) is 4. The van der Waals surface area contributed by atoms with Gasteiger partial charge in [0.15, 0.2) is 0 Å². The Bertz CT molecular complexity index is 847. The summed E-state index contributed by atoms with van der Waals surface area (Å²) in [6, 6.07) is 15.7. The maximum Gasteiger partial charge on any atom is 0.287 e. The van der Waals surface area contributed by atoms with Gasteiger partial charge in [0.05, 0.1) is 6.54 Å². The summed E-state index contributed by atoms with van der Waals surface area (Å²) in [4.78, 5) is 40.0. The number of anilines is 1. The largest absolute Gasteiger partial charge is 0.368 e. The fraction of sp³-hybridized carbons (Fsp3) is 0.318. The van der Waals surface area contributed by atoms with Crippen molar-refractivity contribution in [1.29, 1.82) is 0 Å². The molecule has 1 N–H and O–H groups in total. The first-order valence-corrected chi connectivity index (χ1v) is 9.66. The lowest BCUT2D eigenvalue weighted by atomic mass is 10.1. The Morgan fingerprint density at radius 3 is 2.21 bits per heavy atom. The standard InChI is InChI=1S/C22H24FN3O3/c23-18-7-9-19(10-8-18)25-12-14-26(15-13-25)21(28)16-24-22(29)20(27)11-6-17-4-2-1-3-5-17/h1-5,7-10H,6,11-16H2,(H,24,29). The van der Waals surface area contributed by atoms with Gasteiger partial charge < -0.3 is 15.1 Å². The number of aryl methyl sites for hydroxylation is 1. The molecule has 0 aliphatic carbocycles. The lowest BCUT2D eigenvalue weighted by molar-refractivity contribution is -0.139. The zero-order valence-electron chi connectivity index (χ0n) is 16.1. The number of rotatable bonds is 7. The van der Waals surface area contributed by atoms with Gasteiger partial charge in [0, 0.05) is 38.3 Å². The molecule has 1 heterocycles. The van der Waals surface area contributed by atoms with E-state index in [-0.39, 0.29) is 24.7 Å². The Kier molecular flexibility index (Phi) is 6.94. The molecule has 2 aromatic rings. The van der Waals surface area contributed by atoms with Gasteiger partial charge in [-0.1, -0.05) is 30.3 Å². The fourth-order valence-electron chi connectivity index (χ4n) is 3.25. The highest BCUT2D eigenvalue weighted by Gasteiger charge is 2.22. The van der Waals surface area contributed by atoms with Gasteiger partial charge in [-0.2, -0.15) is 0 Å². The van der Waals surface area contributed by atoms with E-state index in [0.717, 1.165) is 11.3 Å². The summed E-state index contributed by atoms with van der Waals surface area (Å²) in [6.07, 6.45) is 0.604. The summed E-state index contributed by atoms with van der Waals surface area (Å²) >= 11 is 0. The van der Waals surface area contributed by atoms with Crippen LogP contribution in [0.25, 0.3) is 0 Å². The van der Waals surface area contributed by atoms with E-state index in [1.165, 1.54) is 12.1 Å². The molecule has 152 valence electrons. The first-order valence-electron chi connectivity index (χ1n) is 9.66. The fourth-order valence-corrected chi connectivity index (χ4v) is 3.25. The van der Waals surface area contributed by atoms with Gasteiger partial charge in [0.2, 0.25) is 11.7 Å². The maximum atomic E-state index is 13.0. The molecule has 0 saturated carbocycles. The van der Waals surface area contributed by atoms with E-state index in [1.807, 2.05) is 30.3 Å². The van der Waals surface area contributed by atoms with Crippen molar-refractivity contribution in [1.82, 2.24) is 10.2 Å². The number of nitrogens with zero attached hydrogens (tertiary/aromatic N) is 2. The topological polar surface area (TPSA) is 69.7 Å². The van der Waals surface area contributed by atoms with Crippen LogP contribution in [0.1, 0.15) is 12.0 Å². The van der Waals surface area contributed by atoms with Crippen LogP contribution in [0, 0.1) is 5.82 Å². The monoisotopic (exact) mass is 397 g/mol. The number of halogens is 1. The van der Waals surface area contributed by atoms with Crippen LogP contribution in [0.4, 0.5) is 10.1 Å². The van der Waals surface area contributed by atoms with Gasteiger partial charge in [-0.25, -0.2) is 4.39 Å². The van der Waals surface area contributed by atoms with E-state index in [2.05, 4.69) is 10.2 Å². The van der Waals surface area contributed by atoms with Gasteiger partial charge in [0.1, 0.15) is 5.82 Å². The minimum atomic E-state index is -0.723. The lowest BCUT2D eigenvalue weighted by Crippen LogP contribution is -2.51. The van der Waals surface area contributed by atoms with E-state index < -0.39 is 11.7 Å². The molecular formula is C22H24FN3O3. The molecule has 1 aliphatic heterocycles. The first-order chi connectivity index (χ1) is 14.0. The molecule has 1 fully saturated rings. The van der Waals surface area contributed by atoms with Crippen molar-refractivity contribution in [3.05, 3.63) is 66.0 Å². The van der Waals surface area contributed by atoms with Crippen molar-refractivity contribution in [2.75, 3.05) is 37.6 Å². The van der Waals surface area contributed by atoms with Crippen molar-refractivity contribution in [3.63, 3.8) is 0 Å². The van der Waals surface area contributed by atoms with Crippen LogP contribution >= 0.6 is 0 Å². The van der Waals surface area contributed by atoms with E-state index in [0.29, 0.717) is 32.6 Å². The van der Waals surface area contributed by atoms with Gasteiger partial charge in [-0.3, -0.25) is 14.4 Å². The highest BCUT2D eigenvalue weighted by atomic mass is 19.1. The number of hydrogen-bond donors (Lipinski definition) is 1. The average Bonchev–Trinajstić information content (AvgIpc) is 2.77. The molecule has 2 aromatic carbocycles. The Morgan fingerprint density at radius 2 is 1.55 bits per heavy atom. The average molecular weight is 397 g/mol. The highest BCUT2D eigenvalue weighted by molar-refractivity contribution is 6.36. The van der Waals surface area contributed by atoms with E-state index in [4.69, 9.17) is 0 Å². The summed E-state index contributed by atoms with van der Waals surface area (Å²) in [7, 11) is 0. The van der Waals surface area contributed by atoms with Crippen LogP contribution in [0.2, 0.25) is 0 Å². The number of Topliss-reactive ketones (excluding diaryl/α,β-unsaturated/α-hetero) is 1. The summed E-state index contributed by atoms with van der Waals surface area (Å²) in [5, 5.41) is 2.43. The molecule has 2 amide bonds. The van der Waals surface area contributed by atoms with Crippen molar-refractivity contribution < 1.29 is 18.8 Å². The van der Waals surface area contributed by atoms with Crippen LogP contribution in [0.3, 0.4) is 0 Å². The number of amides is 2. The van der Waals surface area contributed by atoms with Crippen molar-refractivity contribution in [2.45, 2.75) is 12.8 Å². The molecule has 0 radical (unpaired) electrons. The molecular weight excluding hydrogens is 373 g/mol. The molecule has 3 rings (SSSR count).